The first-order valence-electron chi connectivity index (χ1n) is 10.6. The van der Waals surface area contributed by atoms with Crippen molar-refractivity contribution in [1.29, 1.82) is 0 Å². The number of amides is 1. The number of hydrogen-bond donors (Lipinski definition) is 2. The molecular weight excluding hydrogens is 388 g/mol. The van der Waals surface area contributed by atoms with Crippen LogP contribution < -0.4 is 10.9 Å². The van der Waals surface area contributed by atoms with Gasteiger partial charge in [0.1, 0.15) is 5.56 Å². The van der Waals surface area contributed by atoms with Crippen LogP contribution in [0, 0.1) is 0 Å². The van der Waals surface area contributed by atoms with E-state index in [-0.39, 0.29) is 17.0 Å². The van der Waals surface area contributed by atoms with Crippen molar-refractivity contribution in [2.24, 2.45) is 0 Å². The summed E-state index contributed by atoms with van der Waals surface area (Å²) in [5.41, 5.74) is 3.59. The third kappa shape index (κ3) is 5.48. The molecule has 31 heavy (non-hydrogen) atoms. The van der Waals surface area contributed by atoms with Gasteiger partial charge in [-0.05, 0) is 35.9 Å². The van der Waals surface area contributed by atoms with Crippen molar-refractivity contribution in [3.8, 4) is 11.3 Å². The van der Waals surface area contributed by atoms with Crippen molar-refractivity contribution in [3.63, 3.8) is 0 Å². The first kappa shape index (κ1) is 21.0. The summed E-state index contributed by atoms with van der Waals surface area (Å²) in [4.78, 5) is 32.6. The molecule has 160 valence electrons. The van der Waals surface area contributed by atoms with Gasteiger partial charge >= 0.3 is 0 Å². The highest BCUT2D eigenvalue weighted by Gasteiger charge is 2.14. The van der Waals surface area contributed by atoms with Gasteiger partial charge in [0.2, 0.25) is 0 Å². The second-order valence-electron chi connectivity index (χ2n) is 8.06. The molecule has 2 N–H and O–H groups in total. The van der Waals surface area contributed by atoms with Gasteiger partial charge in [-0.1, -0.05) is 54.6 Å². The van der Waals surface area contributed by atoms with Crippen LogP contribution in [0.25, 0.3) is 11.3 Å². The number of benzene rings is 2. The van der Waals surface area contributed by atoms with E-state index in [2.05, 4.69) is 39.3 Å². The molecule has 3 aromatic rings. The monoisotopic (exact) mass is 416 g/mol. The van der Waals surface area contributed by atoms with E-state index >= 15 is 0 Å². The molecule has 1 aromatic heterocycles. The maximum Gasteiger partial charge on any atom is 0.261 e. The summed E-state index contributed by atoms with van der Waals surface area (Å²) >= 11 is 0. The van der Waals surface area contributed by atoms with Crippen LogP contribution >= 0.6 is 0 Å². The van der Waals surface area contributed by atoms with Gasteiger partial charge in [-0.3, -0.25) is 14.5 Å². The maximum absolute atomic E-state index is 12.6. The van der Waals surface area contributed by atoms with Crippen LogP contribution in [0.1, 0.15) is 21.5 Å². The van der Waals surface area contributed by atoms with E-state index in [9.17, 15) is 9.59 Å². The number of carbonyl (C=O) groups is 1. The van der Waals surface area contributed by atoms with E-state index in [0.29, 0.717) is 12.2 Å². The Labute approximate surface area is 182 Å². The average Bonchev–Trinajstić information content (AvgIpc) is 2.80. The van der Waals surface area contributed by atoms with Crippen molar-refractivity contribution >= 4 is 5.91 Å². The number of carbonyl (C=O) groups excluding carboxylic acids is 1. The lowest BCUT2D eigenvalue weighted by Crippen LogP contribution is -2.43. The van der Waals surface area contributed by atoms with E-state index < -0.39 is 0 Å². The van der Waals surface area contributed by atoms with Crippen LogP contribution in [0.15, 0.2) is 71.5 Å². The van der Waals surface area contributed by atoms with Gasteiger partial charge in [-0.15, -0.1) is 0 Å². The highest BCUT2D eigenvalue weighted by atomic mass is 16.2. The molecule has 4 rings (SSSR count). The molecule has 2 aromatic carbocycles. The summed E-state index contributed by atoms with van der Waals surface area (Å²) in [6, 6.07) is 21.2. The van der Waals surface area contributed by atoms with Crippen molar-refractivity contribution in [3.05, 3.63) is 93.8 Å². The molecule has 0 bridgehead atoms. The van der Waals surface area contributed by atoms with Crippen molar-refractivity contribution in [2.75, 3.05) is 33.2 Å². The predicted octanol–water partition coefficient (Wildman–Crippen LogP) is 2.72. The fourth-order valence-corrected chi connectivity index (χ4v) is 3.82. The quantitative estimate of drug-likeness (QED) is 0.648. The molecule has 1 saturated heterocycles. The van der Waals surface area contributed by atoms with Gasteiger partial charge in [0.15, 0.2) is 0 Å². The number of aromatic nitrogens is 1. The number of nitrogens with one attached hydrogen (secondary N) is 2. The third-order valence-electron chi connectivity index (χ3n) is 5.69. The third-order valence-corrected chi connectivity index (χ3v) is 5.69. The molecule has 0 unspecified atom stereocenters. The number of aromatic amines is 1. The van der Waals surface area contributed by atoms with Gasteiger partial charge < -0.3 is 15.2 Å². The molecule has 0 spiro atoms. The van der Waals surface area contributed by atoms with E-state index in [1.165, 1.54) is 5.56 Å². The van der Waals surface area contributed by atoms with Crippen LogP contribution in [0.4, 0.5) is 0 Å². The molecule has 0 atom stereocenters. The smallest absolute Gasteiger partial charge is 0.261 e. The van der Waals surface area contributed by atoms with Gasteiger partial charge in [-0.2, -0.15) is 0 Å². The molecule has 6 heteroatoms. The molecule has 2 heterocycles. The first-order valence-corrected chi connectivity index (χ1v) is 10.6. The van der Waals surface area contributed by atoms with E-state index in [1.807, 2.05) is 42.5 Å². The van der Waals surface area contributed by atoms with Gasteiger partial charge in [0.25, 0.3) is 11.5 Å². The van der Waals surface area contributed by atoms with E-state index in [0.717, 1.165) is 43.9 Å². The number of hydrogen-bond acceptors (Lipinski definition) is 4. The Morgan fingerprint density at radius 3 is 2.42 bits per heavy atom. The Kier molecular flexibility index (Phi) is 6.60. The summed E-state index contributed by atoms with van der Waals surface area (Å²) < 4.78 is 0. The minimum absolute atomic E-state index is 0.119. The minimum Gasteiger partial charge on any atom is -0.348 e. The highest BCUT2D eigenvalue weighted by molar-refractivity contribution is 5.94. The number of rotatable bonds is 6. The lowest BCUT2D eigenvalue weighted by Gasteiger charge is -2.32. The van der Waals surface area contributed by atoms with Crippen LogP contribution in [0.5, 0.6) is 0 Å². The van der Waals surface area contributed by atoms with Gasteiger partial charge in [-0.25, -0.2) is 0 Å². The first-order chi connectivity index (χ1) is 15.1. The van der Waals surface area contributed by atoms with Gasteiger partial charge in [0.05, 0.1) is 0 Å². The Bertz CT molecular complexity index is 1090. The summed E-state index contributed by atoms with van der Waals surface area (Å²) in [5.74, 6) is -0.370. The summed E-state index contributed by atoms with van der Waals surface area (Å²) in [7, 11) is 2.15. The zero-order chi connectivity index (χ0) is 21.6. The fourth-order valence-electron chi connectivity index (χ4n) is 3.82. The summed E-state index contributed by atoms with van der Waals surface area (Å²) in [5, 5.41) is 2.87. The molecule has 1 fully saturated rings. The lowest BCUT2D eigenvalue weighted by atomic mass is 10.1. The van der Waals surface area contributed by atoms with Crippen molar-refractivity contribution < 1.29 is 4.79 Å². The molecule has 0 aliphatic carbocycles. The van der Waals surface area contributed by atoms with Crippen molar-refractivity contribution in [2.45, 2.75) is 13.1 Å². The molecular formula is C25H28N4O2. The number of H-pyrrole nitrogens is 1. The minimum atomic E-state index is -0.386. The summed E-state index contributed by atoms with van der Waals surface area (Å²) in [6.07, 6.45) is 0. The van der Waals surface area contributed by atoms with Crippen LogP contribution in [0.3, 0.4) is 0 Å². The van der Waals surface area contributed by atoms with E-state index in [4.69, 9.17) is 0 Å². The van der Waals surface area contributed by atoms with Crippen LogP contribution in [-0.4, -0.2) is 53.9 Å². The second-order valence-corrected chi connectivity index (χ2v) is 8.06. The Morgan fingerprint density at radius 1 is 0.935 bits per heavy atom. The Balaban J connectivity index is 1.37. The Hall–Kier alpha value is -3.22. The highest BCUT2D eigenvalue weighted by Crippen LogP contribution is 2.15. The SMILES string of the molecule is CN1CCN(Cc2cccc(CNC(=O)c3ccc(-c4ccccc4)[nH]c3=O)c2)CC1. The van der Waals surface area contributed by atoms with Gasteiger partial charge in [0, 0.05) is 45.0 Å². The maximum atomic E-state index is 12.6. The largest absolute Gasteiger partial charge is 0.348 e. The number of pyridine rings is 1. The standard InChI is InChI=1S/C25H28N4O2/c1-28-12-14-29(15-13-28)18-20-7-5-6-19(16-20)17-26-24(30)22-10-11-23(27-25(22)31)21-8-3-2-4-9-21/h2-11,16H,12-15,17-18H2,1H3,(H,26,30)(H,27,31). The lowest BCUT2D eigenvalue weighted by molar-refractivity contribution is 0.0949. The molecule has 0 saturated carbocycles. The molecule has 6 nitrogen and oxygen atoms in total. The average molecular weight is 417 g/mol. The topological polar surface area (TPSA) is 68.4 Å². The molecule has 1 amide bonds. The fraction of sp³-hybridized carbons (Fsp3) is 0.280. The normalized spacial score (nSPS) is 15.0. The van der Waals surface area contributed by atoms with E-state index in [1.54, 1.807) is 12.1 Å². The summed E-state index contributed by atoms with van der Waals surface area (Å²) in [6.45, 7) is 5.62. The molecule has 1 aliphatic heterocycles. The van der Waals surface area contributed by atoms with Crippen LogP contribution in [-0.2, 0) is 13.1 Å². The second kappa shape index (κ2) is 9.73. The van der Waals surface area contributed by atoms with Crippen LogP contribution in [0.2, 0.25) is 0 Å². The molecule has 0 radical (unpaired) electrons. The number of piperazine rings is 1. The predicted molar refractivity (Wildman–Crippen MR) is 123 cm³/mol. The zero-order valence-corrected chi connectivity index (χ0v) is 17.8. The Morgan fingerprint density at radius 2 is 1.68 bits per heavy atom. The number of nitrogens with zero attached hydrogens (tertiary/aromatic N) is 2. The molecule has 1 aliphatic rings. The zero-order valence-electron chi connectivity index (χ0n) is 17.8. The van der Waals surface area contributed by atoms with Crippen molar-refractivity contribution in [1.82, 2.24) is 20.1 Å². The number of likely N-dealkylation sites (N-methyl/N-ethyl adjacent to an activating group) is 1.